The summed E-state index contributed by atoms with van der Waals surface area (Å²) < 4.78 is 5.16. The maximum Gasteiger partial charge on any atom is 0.191 e. The standard InChI is InChI=1S/C18H23N3O/c1-14-4-6-15(7-5-14)12-20-18(19-2)21-13-16-8-10-17(22-3)11-9-16/h4-11H,12-13H2,1-3H3,(H2,19,20,21). The van der Waals surface area contributed by atoms with E-state index in [0.29, 0.717) is 0 Å². The second-order valence-corrected chi connectivity index (χ2v) is 5.11. The monoisotopic (exact) mass is 297 g/mol. The van der Waals surface area contributed by atoms with Gasteiger partial charge in [-0.1, -0.05) is 42.0 Å². The predicted molar refractivity (Wildman–Crippen MR) is 91.2 cm³/mol. The Kier molecular flexibility index (Phi) is 5.83. The molecule has 0 unspecified atom stereocenters. The van der Waals surface area contributed by atoms with Gasteiger partial charge in [-0.05, 0) is 30.2 Å². The van der Waals surface area contributed by atoms with Gasteiger partial charge >= 0.3 is 0 Å². The lowest BCUT2D eigenvalue weighted by molar-refractivity contribution is 0.414. The van der Waals surface area contributed by atoms with E-state index in [1.165, 1.54) is 16.7 Å². The topological polar surface area (TPSA) is 45.7 Å². The molecule has 0 saturated heterocycles. The molecule has 116 valence electrons. The average Bonchev–Trinajstić information content (AvgIpc) is 2.57. The Bertz CT molecular complexity index is 603. The van der Waals surface area contributed by atoms with Crippen molar-refractivity contribution in [3.8, 4) is 5.75 Å². The third-order valence-corrected chi connectivity index (χ3v) is 3.42. The van der Waals surface area contributed by atoms with Crippen LogP contribution in [0, 0.1) is 6.92 Å². The van der Waals surface area contributed by atoms with Gasteiger partial charge in [-0.15, -0.1) is 0 Å². The fourth-order valence-corrected chi connectivity index (χ4v) is 2.04. The van der Waals surface area contributed by atoms with E-state index in [-0.39, 0.29) is 0 Å². The zero-order valence-corrected chi connectivity index (χ0v) is 13.4. The molecule has 22 heavy (non-hydrogen) atoms. The van der Waals surface area contributed by atoms with Crippen LogP contribution in [0.4, 0.5) is 0 Å². The Morgan fingerprint density at radius 1 is 0.909 bits per heavy atom. The van der Waals surface area contributed by atoms with E-state index in [1.807, 2.05) is 24.3 Å². The van der Waals surface area contributed by atoms with Gasteiger partial charge in [0.1, 0.15) is 5.75 Å². The molecule has 0 aliphatic rings. The van der Waals surface area contributed by atoms with E-state index in [1.54, 1.807) is 14.2 Å². The van der Waals surface area contributed by atoms with Gasteiger partial charge < -0.3 is 15.4 Å². The van der Waals surface area contributed by atoms with Crippen molar-refractivity contribution in [1.29, 1.82) is 0 Å². The van der Waals surface area contributed by atoms with E-state index in [0.717, 1.165) is 24.8 Å². The molecular weight excluding hydrogens is 274 g/mol. The van der Waals surface area contributed by atoms with Crippen molar-refractivity contribution >= 4 is 5.96 Å². The number of ether oxygens (including phenoxy) is 1. The van der Waals surface area contributed by atoms with Crippen molar-refractivity contribution in [2.45, 2.75) is 20.0 Å². The lowest BCUT2D eigenvalue weighted by atomic mass is 10.1. The zero-order chi connectivity index (χ0) is 15.8. The molecule has 0 saturated carbocycles. The molecule has 0 fully saturated rings. The Labute approximate surface area is 132 Å². The van der Waals surface area contributed by atoms with E-state index in [9.17, 15) is 0 Å². The third kappa shape index (κ3) is 4.81. The Morgan fingerprint density at radius 3 is 1.86 bits per heavy atom. The van der Waals surface area contributed by atoms with E-state index in [4.69, 9.17) is 4.74 Å². The van der Waals surface area contributed by atoms with Gasteiger partial charge in [-0.2, -0.15) is 0 Å². The summed E-state index contributed by atoms with van der Waals surface area (Å²) >= 11 is 0. The molecule has 0 bridgehead atoms. The van der Waals surface area contributed by atoms with Crippen LogP contribution in [0.3, 0.4) is 0 Å². The van der Waals surface area contributed by atoms with Crippen molar-refractivity contribution in [1.82, 2.24) is 10.6 Å². The summed E-state index contributed by atoms with van der Waals surface area (Å²) in [4.78, 5) is 4.24. The Hall–Kier alpha value is -2.49. The summed E-state index contributed by atoms with van der Waals surface area (Å²) in [5.74, 6) is 1.65. The zero-order valence-electron chi connectivity index (χ0n) is 13.4. The molecule has 0 heterocycles. The summed E-state index contributed by atoms with van der Waals surface area (Å²) in [6, 6.07) is 16.5. The average molecular weight is 297 g/mol. The highest BCUT2D eigenvalue weighted by Gasteiger charge is 1.99. The summed E-state index contributed by atoms with van der Waals surface area (Å²) in [6.07, 6.45) is 0. The lowest BCUT2D eigenvalue weighted by Gasteiger charge is -2.12. The summed E-state index contributed by atoms with van der Waals surface area (Å²) in [7, 11) is 3.45. The fourth-order valence-electron chi connectivity index (χ4n) is 2.04. The molecule has 2 aromatic carbocycles. The maximum atomic E-state index is 5.16. The van der Waals surface area contributed by atoms with Crippen LogP contribution in [0.25, 0.3) is 0 Å². The van der Waals surface area contributed by atoms with Gasteiger partial charge in [0.05, 0.1) is 7.11 Å². The molecule has 0 aliphatic carbocycles. The number of methoxy groups -OCH3 is 1. The number of guanidine groups is 1. The second kappa shape index (κ2) is 8.08. The van der Waals surface area contributed by atoms with Crippen LogP contribution < -0.4 is 15.4 Å². The van der Waals surface area contributed by atoms with Crippen LogP contribution in [-0.2, 0) is 13.1 Å². The van der Waals surface area contributed by atoms with E-state index in [2.05, 4.69) is 46.8 Å². The van der Waals surface area contributed by atoms with Crippen LogP contribution in [0.1, 0.15) is 16.7 Å². The van der Waals surface area contributed by atoms with E-state index < -0.39 is 0 Å². The van der Waals surface area contributed by atoms with Crippen molar-refractivity contribution in [2.24, 2.45) is 4.99 Å². The van der Waals surface area contributed by atoms with Crippen molar-refractivity contribution in [2.75, 3.05) is 14.2 Å². The van der Waals surface area contributed by atoms with Gasteiger partial charge in [-0.25, -0.2) is 0 Å². The number of hydrogen-bond acceptors (Lipinski definition) is 2. The van der Waals surface area contributed by atoms with Crippen molar-refractivity contribution in [3.63, 3.8) is 0 Å². The van der Waals surface area contributed by atoms with Crippen LogP contribution in [-0.4, -0.2) is 20.1 Å². The van der Waals surface area contributed by atoms with Crippen LogP contribution >= 0.6 is 0 Å². The largest absolute Gasteiger partial charge is 0.497 e. The minimum absolute atomic E-state index is 0.720. The molecular formula is C18H23N3O. The molecule has 4 nitrogen and oxygen atoms in total. The number of rotatable bonds is 5. The molecule has 2 rings (SSSR count). The number of aryl methyl sites for hydroxylation is 1. The molecule has 0 radical (unpaired) electrons. The molecule has 2 aromatic rings. The minimum atomic E-state index is 0.720. The third-order valence-electron chi connectivity index (χ3n) is 3.42. The quantitative estimate of drug-likeness (QED) is 0.659. The fraction of sp³-hybridized carbons (Fsp3) is 0.278. The minimum Gasteiger partial charge on any atom is -0.497 e. The highest BCUT2D eigenvalue weighted by atomic mass is 16.5. The first-order chi connectivity index (χ1) is 10.7. The van der Waals surface area contributed by atoms with Crippen molar-refractivity contribution < 1.29 is 4.74 Å². The SMILES string of the molecule is CN=C(NCc1ccc(C)cc1)NCc1ccc(OC)cc1. The molecule has 2 N–H and O–H groups in total. The predicted octanol–water partition coefficient (Wildman–Crippen LogP) is 2.87. The van der Waals surface area contributed by atoms with Gasteiger partial charge in [-0.3, -0.25) is 4.99 Å². The first-order valence-electron chi connectivity index (χ1n) is 7.34. The highest BCUT2D eigenvalue weighted by molar-refractivity contribution is 5.79. The second-order valence-electron chi connectivity index (χ2n) is 5.11. The van der Waals surface area contributed by atoms with Crippen LogP contribution in [0.5, 0.6) is 5.75 Å². The number of nitrogens with one attached hydrogen (secondary N) is 2. The normalized spacial score (nSPS) is 11.1. The Balaban J connectivity index is 1.82. The molecule has 0 amide bonds. The molecule has 0 spiro atoms. The lowest BCUT2D eigenvalue weighted by Crippen LogP contribution is -2.36. The molecule has 0 aliphatic heterocycles. The van der Waals surface area contributed by atoms with Crippen LogP contribution in [0.2, 0.25) is 0 Å². The number of hydrogen-bond donors (Lipinski definition) is 2. The molecule has 4 heteroatoms. The first-order valence-corrected chi connectivity index (χ1v) is 7.34. The first kappa shape index (κ1) is 15.9. The maximum absolute atomic E-state index is 5.16. The van der Waals surface area contributed by atoms with E-state index >= 15 is 0 Å². The van der Waals surface area contributed by atoms with Crippen LogP contribution in [0.15, 0.2) is 53.5 Å². The highest BCUT2D eigenvalue weighted by Crippen LogP contribution is 2.10. The number of aliphatic imine (C=N–C) groups is 1. The smallest absolute Gasteiger partial charge is 0.191 e. The van der Waals surface area contributed by atoms with Gasteiger partial charge in [0.25, 0.3) is 0 Å². The Morgan fingerprint density at radius 2 is 1.41 bits per heavy atom. The van der Waals surface area contributed by atoms with Gasteiger partial charge in [0, 0.05) is 20.1 Å². The van der Waals surface area contributed by atoms with Gasteiger partial charge in [0.2, 0.25) is 0 Å². The van der Waals surface area contributed by atoms with Crippen molar-refractivity contribution in [3.05, 3.63) is 65.2 Å². The van der Waals surface area contributed by atoms with Gasteiger partial charge in [0.15, 0.2) is 5.96 Å². The number of nitrogens with zero attached hydrogens (tertiary/aromatic N) is 1. The number of benzene rings is 2. The summed E-state index contributed by atoms with van der Waals surface area (Å²) in [6.45, 7) is 3.56. The summed E-state index contributed by atoms with van der Waals surface area (Å²) in [5.41, 5.74) is 3.68. The molecule has 0 atom stereocenters. The molecule has 0 aromatic heterocycles. The summed E-state index contributed by atoms with van der Waals surface area (Å²) in [5, 5.41) is 6.62.